The van der Waals surface area contributed by atoms with E-state index in [-0.39, 0.29) is 28.8 Å². The molecule has 0 bridgehead atoms. The zero-order valence-corrected chi connectivity index (χ0v) is 16.5. The zero-order chi connectivity index (χ0) is 21.2. The third-order valence-electron chi connectivity index (χ3n) is 3.69. The van der Waals surface area contributed by atoms with Crippen LogP contribution in [0.2, 0.25) is 0 Å². The van der Waals surface area contributed by atoms with Gasteiger partial charge in [0, 0.05) is 11.9 Å². The maximum atomic E-state index is 13.1. The number of thiophene rings is 1. The number of hydrogen-bond donors (Lipinski definition) is 2. The summed E-state index contributed by atoms with van der Waals surface area (Å²) in [5, 5.41) is 15.4. The first-order chi connectivity index (χ1) is 13.7. The van der Waals surface area contributed by atoms with E-state index in [4.69, 9.17) is 5.11 Å². The van der Waals surface area contributed by atoms with Gasteiger partial charge in [0.15, 0.2) is 11.4 Å². The van der Waals surface area contributed by atoms with Crippen LogP contribution in [0.15, 0.2) is 23.4 Å². The van der Waals surface area contributed by atoms with Crippen molar-refractivity contribution in [2.45, 2.75) is 17.7 Å². The van der Waals surface area contributed by atoms with Crippen molar-refractivity contribution in [2.24, 2.45) is 7.05 Å². The number of fused-ring (bicyclic) bond motifs is 1. The molecule has 29 heavy (non-hydrogen) atoms. The smallest absolute Gasteiger partial charge is 0.387 e. The lowest BCUT2D eigenvalue weighted by Gasteiger charge is -2.08. The molecule has 0 aromatic carbocycles. The van der Waals surface area contributed by atoms with Crippen molar-refractivity contribution in [1.82, 2.24) is 25.1 Å². The van der Waals surface area contributed by atoms with Gasteiger partial charge in [-0.15, -0.1) is 11.3 Å². The molecular formula is C16H14F3N5O3S2. The fraction of sp³-hybridized carbons (Fsp3) is 0.312. The molecule has 8 nitrogen and oxygen atoms in total. The fourth-order valence-corrected chi connectivity index (χ4v) is 4.15. The van der Waals surface area contributed by atoms with E-state index in [9.17, 15) is 22.8 Å². The lowest BCUT2D eigenvalue weighted by molar-refractivity contribution is -0.145. The van der Waals surface area contributed by atoms with Crippen molar-refractivity contribution in [2.75, 3.05) is 12.4 Å². The molecule has 2 N–H and O–H groups in total. The number of aryl methyl sites for hydroxylation is 1. The number of nitrogens with one attached hydrogen (secondary N) is 1. The number of aliphatic hydroxyl groups is 1. The molecule has 0 aliphatic heterocycles. The van der Waals surface area contributed by atoms with Gasteiger partial charge in [0.2, 0.25) is 11.7 Å². The number of aliphatic hydroxyl groups excluding tert-OH is 1. The van der Waals surface area contributed by atoms with Gasteiger partial charge in [-0.1, -0.05) is 11.8 Å². The number of halogens is 3. The first-order valence-corrected chi connectivity index (χ1v) is 9.88. The highest BCUT2D eigenvalue weighted by atomic mass is 32.2. The van der Waals surface area contributed by atoms with E-state index in [1.54, 1.807) is 12.1 Å². The minimum Gasteiger partial charge on any atom is -0.387 e. The summed E-state index contributed by atoms with van der Waals surface area (Å²) in [4.78, 5) is 31.7. The Morgan fingerprint density at radius 2 is 2.07 bits per heavy atom. The van der Waals surface area contributed by atoms with Crippen molar-refractivity contribution in [1.29, 1.82) is 0 Å². The van der Waals surface area contributed by atoms with E-state index in [1.807, 2.05) is 0 Å². The van der Waals surface area contributed by atoms with E-state index < -0.39 is 24.5 Å². The van der Waals surface area contributed by atoms with Gasteiger partial charge in [0.05, 0.1) is 28.8 Å². The molecule has 3 aromatic heterocycles. The summed E-state index contributed by atoms with van der Waals surface area (Å²) in [7, 11) is 1.47. The third kappa shape index (κ3) is 4.92. The summed E-state index contributed by atoms with van der Waals surface area (Å²) in [5.74, 6) is -2.24. The Hall–Kier alpha value is -2.51. The van der Waals surface area contributed by atoms with Crippen molar-refractivity contribution in [3.8, 4) is 0 Å². The molecule has 0 radical (unpaired) electrons. The van der Waals surface area contributed by atoms with Crippen LogP contribution in [0.4, 0.5) is 13.2 Å². The second kappa shape index (κ2) is 8.47. The van der Waals surface area contributed by atoms with Gasteiger partial charge < -0.3 is 10.4 Å². The Kier molecular flexibility index (Phi) is 6.19. The molecule has 1 amide bonds. The highest BCUT2D eigenvalue weighted by molar-refractivity contribution is 8.00. The minimum atomic E-state index is -4.72. The minimum absolute atomic E-state index is 0.0239. The van der Waals surface area contributed by atoms with Gasteiger partial charge in [-0.05, 0) is 12.1 Å². The summed E-state index contributed by atoms with van der Waals surface area (Å²) < 4.78 is 40.5. The topological polar surface area (TPSA) is 110 Å². The number of amides is 1. The monoisotopic (exact) mass is 445 g/mol. The van der Waals surface area contributed by atoms with Crippen LogP contribution in [0.3, 0.4) is 0 Å². The molecule has 0 saturated heterocycles. The largest absolute Gasteiger partial charge is 0.451 e. The molecule has 3 heterocycles. The molecule has 13 heteroatoms. The van der Waals surface area contributed by atoms with E-state index in [2.05, 4.69) is 20.4 Å². The number of Topliss-reactive ketones (excluding diaryl/α,β-unsaturated/α-hetero) is 1. The third-order valence-corrected chi connectivity index (χ3v) is 5.81. The molecule has 3 aromatic rings. The number of thioether (sulfide) groups is 1. The standard InChI is InChI=1S/C16H14F3N5O3S2/c1-24-13-9(5-21-24)14(23-15(22-13)16(17,18)19)28-7-10(26)11-3-2-8(29-11)4-20-12(27)6-25/h2-3,5,25H,4,6-7H2,1H3,(H,20,27). The number of carbonyl (C=O) groups is 2. The lowest BCUT2D eigenvalue weighted by atomic mass is 10.3. The quantitative estimate of drug-likeness (QED) is 0.325. The Morgan fingerprint density at radius 1 is 1.31 bits per heavy atom. The van der Waals surface area contributed by atoms with Crippen LogP contribution in [0.5, 0.6) is 0 Å². The molecule has 154 valence electrons. The Labute approximate surface area is 170 Å². The van der Waals surface area contributed by atoms with Crippen LogP contribution in [0.25, 0.3) is 11.0 Å². The highest BCUT2D eigenvalue weighted by Crippen LogP contribution is 2.32. The second-order valence-corrected chi connectivity index (χ2v) is 7.90. The van der Waals surface area contributed by atoms with Gasteiger partial charge in [0.1, 0.15) is 11.6 Å². The maximum Gasteiger partial charge on any atom is 0.451 e. The molecule has 0 spiro atoms. The van der Waals surface area contributed by atoms with Gasteiger partial charge in [-0.2, -0.15) is 18.3 Å². The molecule has 0 aliphatic rings. The Morgan fingerprint density at radius 3 is 2.76 bits per heavy atom. The van der Waals surface area contributed by atoms with Crippen LogP contribution in [-0.2, 0) is 24.6 Å². The Bertz CT molecular complexity index is 1060. The number of aromatic nitrogens is 4. The molecule has 0 saturated carbocycles. The van der Waals surface area contributed by atoms with Crippen LogP contribution in [0.1, 0.15) is 20.4 Å². The van der Waals surface area contributed by atoms with Crippen LogP contribution in [-0.4, -0.2) is 48.9 Å². The average Bonchev–Trinajstić information content (AvgIpc) is 3.30. The molecule has 0 unspecified atom stereocenters. The predicted molar refractivity (Wildman–Crippen MR) is 99.6 cm³/mol. The predicted octanol–water partition coefficient (Wildman–Crippen LogP) is 2.03. The average molecular weight is 445 g/mol. The van der Waals surface area contributed by atoms with E-state index in [0.29, 0.717) is 15.1 Å². The SMILES string of the molecule is Cn1ncc2c(SCC(=O)c3ccc(CNC(=O)CO)s3)nc(C(F)(F)F)nc21. The van der Waals surface area contributed by atoms with Crippen molar-refractivity contribution >= 4 is 45.8 Å². The molecule has 3 rings (SSSR count). The van der Waals surface area contributed by atoms with Gasteiger partial charge in [-0.3, -0.25) is 14.3 Å². The van der Waals surface area contributed by atoms with Gasteiger partial charge >= 0.3 is 6.18 Å². The first-order valence-electron chi connectivity index (χ1n) is 8.08. The lowest BCUT2D eigenvalue weighted by Crippen LogP contribution is -2.25. The van der Waals surface area contributed by atoms with Gasteiger partial charge in [-0.25, -0.2) is 9.97 Å². The van der Waals surface area contributed by atoms with E-state index >= 15 is 0 Å². The van der Waals surface area contributed by atoms with E-state index in [1.165, 1.54) is 17.9 Å². The Balaban J connectivity index is 1.74. The number of rotatable bonds is 7. The van der Waals surface area contributed by atoms with Crippen molar-refractivity contribution in [3.63, 3.8) is 0 Å². The highest BCUT2D eigenvalue weighted by Gasteiger charge is 2.36. The summed E-state index contributed by atoms with van der Waals surface area (Å²) in [5.41, 5.74) is 0.0281. The number of hydrogen-bond acceptors (Lipinski definition) is 8. The normalized spacial score (nSPS) is 11.8. The molecular weight excluding hydrogens is 431 g/mol. The van der Waals surface area contributed by atoms with Crippen molar-refractivity contribution in [3.05, 3.63) is 33.9 Å². The summed E-state index contributed by atoms with van der Waals surface area (Å²) >= 11 is 2.03. The summed E-state index contributed by atoms with van der Waals surface area (Å²) in [6.07, 6.45) is -3.37. The second-order valence-electron chi connectivity index (χ2n) is 5.77. The number of ketones is 1. The van der Waals surface area contributed by atoms with E-state index in [0.717, 1.165) is 23.1 Å². The molecule has 0 atom stereocenters. The van der Waals surface area contributed by atoms with Crippen molar-refractivity contribution < 1.29 is 27.9 Å². The van der Waals surface area contributed by atoms with Crippen LogP contribution >= 0.6 is 23.1 Å². The fourth-order valence-electron chi connectivity index (χ4n) is 2.30. The molecule has 0 aliphatic carbocycles. The number of alkyl halides is 3. The molecule has 0 fully saturated rings. The van der Waals surface area contributed by atoms with Gasteiger partial charge in [0.25, 0.3) is 0 Å². The first kappa shape index (κ1) is 21.2. The maximum absolute atomic E-state index is 13.1. The summed E-state index contributed by atoms with van der Waals surface area (Å²) in [6, 6.07) is 3.24. The summed E-state index contributed by atoms with van der Waals surface area (Å²) in [6.45, 7) is -0.461. The zero-order valence-electron chi connectivity index (χ0n) is 14.9. The van der Waals surface area contributed by atoms with Crippen LogP contribution in [0, 0.1) is 0 Å². The number of carbonyl (C=O) groups excluding carboxylic acids is 2. The van der Waals surface area contributed by atoms with Crippen LogP contribution < -0.4 is 5.32 Å². The number of nitrogens with zero attached hydrogens (tertiary/aromatic N) is 4.